The molecule has 1 aliphatic carbocycles. The molecule has 188 valence electrons. The van der Waals surface area contributed by atoms with Crippen LogP contribution in [-0.4, -0.2) is 38.2 Å². The molecule has 3 aromatic rings. The Balaban J connectivity index is 1.74. The predicted octanol–water partition coefficient (Wildman–Crippen LogP) is 5.58. The molecule has 2 N–H and O–H groups in total. The van der Waals surface area contributed by atoms with Crippen molar-refractivity contribution in [1.29, 1.82) is 0 Å². The molecule has 1 aliphatic heterocycles. The molecule has 1 amide bonds. The first-order chi connectivity index (χ1) is 16.9. The Hall–Kier alpha value is -2.48. The van der Waals surface area contributed by atoms with Gasteiger partial charge in [0, 0.05) is 27.9 Å². The summed E-state index contributed by atoms with van der Waals surface area (Å²) in [5, 5.41) is 22.4. The molecule has 5 rings (SSSR count). The maximum Gasteiger partial charge on any atom is 0.257 e. The number of benzene rings is 2. The van der Waals surface area contributed by atoms with Crippen LogP contribution in [0.4, 0.5) is 0 Å². The molecule has 2 aliphatic rings. The normalized spacial score (nSPS) is 21.4. The lowest BCUT2D eigenvalue weighted by atomic mass is 9.89. The van der Waals surface area contributed by atoms with E-state index >= 15 is 0 Å². The van der Waals surface area contributed by atoms with Crippen LogP contribution in [0.25, 0.3) is 0 Å². The zero-order chi connectivity index (χ0) is 25.9. The summed E-state index contributed by atoms with van der Waals surface area (Å²) in [6, 6.07) is 15.5. The van der Waals surface area contributed by atoms with Crippen molar-refractivity contribution in [1.82, 2.24) is 9.88 Å². The Kier molecular flexibility index (Phi) is 6.17. The van der Waals surface area contributed by atoms with Crippen LogP contribution < -0.4 is 0 Å². The van der Waals surface area contributed by atoms with Crippen LogP contribution in [0.2, 0.25) is 10.0 Å². The highest BCUT2D eigenvalue weighted by atomic mass is 35.5. The van der Waals surface area contributed by atoms with Crippen molar-refractivity contribution in [2.75, 3.05) is 6.61 Å². The standard InChI is InChI=1S/C28H28Cl2N2O4/c1-17(24-11-9-21(30)15-31-24)32-25(33)22-14-19(26(2,3)34)6-10-23(22)28(32,36-16-27(35)12-13-27)18-4-7-20(29)8-5-18/h4-11,14-15,17,34-35H,12-13,16H2,1-3H3/t17?,28-/m1/s1. The number of fused-ring (bicyclic) bond motifs is 1. The summed E-state index contributed by atoms with van der Waals surface area (Å²) < 4.78 is 6.64. The van der Waals surface area contributed by atoms with Gasteiger partial charge in [-0.25, -0.2) is 0 Å². The fraction of sp³-hybridized carbons (Fsp3) is 0.357. The molecule has 1 unspecified atom stereocenters. The minimum atomic E-state index is -1.35. The average Bonchev–Trinajstić information content (AvgIpc) is 3.52. The van der Waals surface area contributed by atoms with Crippen molar-refractivity contribution in [3.63, 3.8) is 0 Å². The Morgan fingerprint density at radius 3 is 2.33 bits per heavy atom. The van der Waals surface area contributed by atoms with Crippen LogP contribution in [0.15, 0.2) is 60.8 Å². The van der Waals surface area contributed by atoms with Crippen molar-refractivity contribution in [2.24, 2.45) is 0 Å². The number of pyridine rings is 1. The summed E-state index contributed by atoms with van der Waals surface area (Å²) >= 11 is 12.3. The summed E-state index contributed by atoms with van der Waals surface area (Å²) in [6.45, 7) is 5.29. The number of aromatic nitrogens is 1. The fourth-order valence-corrected chi connectivity index (χ4v) is 4.98. The molecule has 1 fully saturated rings. The highest BCUT2D eigenvalue weighted by molar-refractivity contribution is 6.30. The van der Waals surface area contributed by atoms with Gasteiger partial charge in [0.2, 0.25) is 0 Å². The largest absolute Gasteiger partial charge is 0.387 e. The lowest BCUT2D eigenvalue weighted by Crippen LogP contribution is -2.49. The maximum atomic E-state index is 14.2. The first kappa shape index (κ1) is 25.2. The molecule has 8 heteroatoms. The third-order valence-electron chi connectivity index (χ3n) is 7.06. The highest BCUT2D eigenvalue weighted by Crippen LogP contribution is 2.51. The predicted molar refractivity (Wildman–Crippen MR) is 138 cm³/mol. The molecule has 1 saturated carbocycles. The summed E-state index contributed by atoms with van der Waals surface area (Å²) in [5.41, 5.74) is -0.421. The van der Waals surface area contributed by atoms with E-state index in [9.17, 15) is 15.0 Å². The molecule has 0 bridgehead atoms. The van der Waals surface area contributed by atoms with Gasteiger partial charge in [-0.3, -0.25) is 14.7 Å². The number of halogens is 2. The molecular formula is C28H28Cl2N2O4. The number of amides is 1. The van der Waals surface area contributed by atoms with Crippen LogP contribution in [0, 0.1) is 0 Å². The van der Waals surface area contributed by atoms with Crippen molar-refractivity contribution < 1.29 is 19.7 Å². The molecule has 0 spiro atoms. The third kappa shape index (κ3) is 4.31. The lowest BCUT2D eigenvalue weighted by Gasteiger charge is -2.43. The number of hydrogen-bond donors (Lipinski definition) is 2. The number of ether oxygens (including phenoxy) is 1. The highest BCUT2D eigenvalue weighted by Gasteiger charge is 2.56. The van der Waals surface area contributed by atoms with E-state index in [1.165, 1.54) is 0 Å². The van der Waals surface area contributed by atoms with Gasteiger partial charge in [-0.1, -0.05) is 47.5 Å². The van der Waals surface area contributed by atoms with Gasteiger partial charge in [0.1, 0.15) is 0 Å². The second-order valence-corrected chi connectivity index (χ2v) is 11.1. The van der Waals surface area contributed by atoms with Gasteiger partial charge < -0.3 is 14.9 Å². The Morgan fingerprint density at radius 2 is 1.75 bits per heavy atom. The second kappa shape index (κ2) is 8.82. The van der Waals surface area contributed by atoms with Crippen molar-refractivity contribution in [3.05, 3.63) is 98.8 Å². The molecule has 1 aromatic heterocycles. The molecule has 6 nitrogen and oxygen atoms in total. The van der Waals surface area contributed by atoms with E-state index in [1.54, 1.807) is 61.3 Å². The molecule has 2 aromatic carbocycles. The van der Waals surface area contributed by atoms with E-state index in [2.05, 4.69) is 4.98 Å². The summed E-state index contributed by atoms with van der Waals surface area (Å²) in [7, 11) is 0. The minimum absolute atomic E-state index is 0.0485. The van der Waals surface area contributed by atoms with E-state index in [0.717, 1.165) is 0 Å². The van der Waals surface area contributed by atoms with E-state index in [0.29, 0.717) is 50.8 Å². The molecular weight excluding hydrogens is 499 g/mol. The molecule has 36 heavy (non-hydrogen) atoms. The number of aliphatic hydroxyl groups is 2. The molecule has 2 atom stereocenters. The molecule has 0 radical (unpaired) electrons. The minimum Gasteiger partial charge on any atom is -0.387 e. The summed E-state index contributed by atoms with van der Waals surface area (Å²) in [5.74, 6) is -0.266. The van der Waals surface area contributed by atoms with Crippen LogP contribution in [-0.2, 0) is 16.1 Å². The van der Waals surface area contributed by atoms with Gasteiger partial charge in [-0.15, -0.1) is 0 Å². The first-order valence-corrected chi connectivity index (χ1v) is 12.7. The Bertz CT molecular complexity index is 1300. The zero-order valence-electron chi connectivity index (χ0n) is 20.3. The van der Waals surface area contributed by atoms with Crippen LogP contribution >= 0.6 is 23.2 Å². The van der Waals surface area contributed by atoms with Crippen LogP contribution in [0.1, 0.15) is 72.4 Å². The quantitative estimate of drug-likeness (QED) is 0.420. The number of carbonyl (C=O) groups excluding carboxylic acids is 1. The van der Waals surface area contributed by atoms with E-state index in [-0.39, 0.29) is 12.5 Å². The lowest BCUT2D eigenvalue weighted by molar-refractivity contribution is -0.145. The Labute approximate surface area is 220 Å². The van der Waals surface area contributed by atoms with Crippen LogP contribution in [0.3, 0.4) is 0 Å². The van der Waals surface area contributed by atoms with E-state index in [1.807, 2.05) is 25.1 Å². The summed E-state index contributed by atoms with van der Waals surface area (Å²) in [4.78, 5) is 20.3. The van der Waals surface area contributed by atoms with Gasteiger partial charge in [0.05, 0.1) is 34.6 Å². The topological polar surface area (TPSA) is 82.9 Å². The van der Waals surface area contributed by atoms with Gasteiger partial charge in [-0.05, 0) is 69.5 Å². The zero-order valence-corrected chi connectivity index (χ0v) is 21.8. The third-order valence-corrected chi connectivity index (χ3v) is 7.53. The average molecular weight is 527 g/mol. The van der Waals surface area contributed by atoms with Crippen molar-refractivity contribution >= 4 is 29.1 Å². The summed E-state index contributed by atoms with van der Waals surface area (Å²) in [6.07, 6.45) is 2.82. The van der Waals surface area contributed by atoms with Gasteiger partial charge in [-0.2, -0.15) is 0 Å². The first-order valence-electron chi connectivity index (χ1n) is 11.9. The number of hydrogen-bond acceptors (Lipinski definition) is 5. The van der Waals surface area contributed by atoms with E-state index in [4.69, 9.17) is 27.9 Å². The van der Waals surface area contributed by atoms with Gasteiger partial charge in [0.15, 0.2) is 5.72 Å². The van der Waals surface area contributed by atoms with Crippen LogP contribution in [0.5, 0.6) is 0 Å². The molecule has 2 heterocycles. The SMILES string of the molecule is CC(c1ccc(Cl)cn1)N1C(=O)c2cc(C(C)(C)O)ccc2[C@]1(OCC1(O)CC1)c1ccc(Cl)cc1. The smallest absolute Gasteiger partial charge is 0.257 e. The second-order valence-electron chi connectivity index (χ2n) is 10.2. The fourth-order valence-electron chi connectivity index (χ4n) is 4.74. The molecule has 0 saturated heterocycles. The number of rotatable bonds is 7. The van der Waals surface area contributed by atoms with Crippen molar-refractivity contribution in [2.45, 2.75) is 56.6 Å². The van der Waals surface area contributed by atoms with Crippen molar-refractivity contribution in [3.8, 4) is 0 Å². The van der Waals surface area contributed by atoms with Gasteiger partial charge in [0.25, 0.3) is 5.91 Å². The maximum absolute atomic E-state index is 14.2. The monoisotopic (exact) mass is 526 g/mol. The van der Waals surface area contributed by atoms with E-state index < -0.39 is 23.0 Å². The van der Waals surface area contributed by atoms with Gasteiger partial charge >= 0.3 is 0 Å². The number of carbonyl (C=O) groups is 1. The number of nitrogens with zero attached hydrogens (tertiary/aromatic N) is 2. The Morgan fingerprint density at radius 1 is 1.08 bits per heavy atom.